The van der Waals surface area contributed by atoms with Gasteiger partial charge in [-0.3, -0.25) is 4.79 Å². The van der Waals surface area contributed by atoms with E-state index >= 15 is 0 Å². The van der Waals surface area contributed by atoms with Crippen LogP contribution in [0.2, 0.25) is 0 Å². The maximum atomic E-state index is 12.0. The molecule has 0 saturated heterocycles. The number of esters is 1. The van der Waals surface area contributed by atoms with Gasteiger partial charge in [0.2, 0.25) is 0 Å². The molecule has 5 heteroatoms. The number of hydrogen-bond donors (Lipinski definition) is 2. The fourth-order valence-corrected chi connectivity index (χ4v) is 3.61. The van der Waals surface area contributed by atoms with Gasteiger partial charge in [0, 0.05) is 18.3 Å². The summed E-state index contributed by atoms with van der Waals surface area (Å²) >= 11 is 0. The Hall–Kier alpha value is -2.82. The summed E-state index contributed by atoms with van der Waals surface area (Å²) in [5, 5.41) is 6.26. The number of rotatable bonds is 3. The number of carbonyl (C=O) groups is 2. The number of methoxy groups -OCH3 is 1. The van der Waals surface area contributed by atoms with Crippen molar-refractivity contribution in [2.45, 2.75) is 26.3 Å². The average molecular weight is 352 g/mol. The highest BCUT2D eigenvalue weighted by atomic mass is 16.5. The molecule has 0 saturated carbocycles. The molecular weight excluding hydrogens is 328 g/mol. The van der Waals surface area contributed by atoms with Crippen molar-refractivity contribution >= 4 is 17.6 Å². The molecule has 26 heavy (non-hydrogen) atoms. The molecule has 2 aromatic carbocycles. The summed E-state index contributed by atoms with van der Waals surface area (Å²) in [6.07, 6.45) is 0.815. The lowest BCUT2D eigenvalue weighted by atomic mass is 9.72. The van der Waals surface area contributed by atoms with Gasteiger partial charge in [-0.15, -0.1) is 0 Å². The molecule has 1 heterocycles. The van der Waals surface area contributed by atoms with E-state index in [2.05, 4.69) is 24.5 Å². The van der Waals surface area contributed by atoms with E-state index in [4.69, 9.17) is 4.74 Å². The first kappa shape index (κ1) is 18.0. The van der Waals surface area contributed by atoms with E-state index in [1.165, 1.54) is 7.11 Å². The lowest BCUT2D eigenvalue weighted by molar-refractivity contribution is 0.0600. The third kappa shape index (κ3) is 3.29. The summed E-state index contributed by atoms with van der Waals surface area (Å²) < 4.78 is 4.82. The van der Waals surface area contributed by atoms with Gasteiger partial charge in [-0.05, 0) is 53.3 Å². The summed E-state index contributed by atoms with van der Waals surface area (Å²) in [5.74, 6) is -0.422. The molecule has 2 N–H and O–H groups in total. The third-order valence-corrected chi connectivity index (χ3v) is 4.96. The van der Waals surface area contributed by atoms with Crippen LogP contribution in [0.4, 0.5) is 5.69 Å². The quantitative estimate of drug-likeness (QED) is 0.829. The normalized spacial score (nSPS) is 17.6. The van der Waals surface area contributed by atoms with E-state index in [-0.39, 0.29) is 23.3 Å². The minimum atomic E-state index is -0.328. The number of fused-ring (bicyclic) bond motifs is 1. The van der Waals surface area contributed by atoms with Crippen molar-refractivity contribution in [3.63, 3.8) is 0 Å². The van der Waals surface area contributed by atoms with Gasteiger partial charge in [0.25, 0.3) is 5.91 Å². The second kappa shape index (κ2) is 6.83. The Morgan fingerprint density at radius 2 is 1.92 bits per heavy atom. The van der Waals surface area contributed by atoms with E-state index in [0.29, 0.717) is 11.1 Å². The van der Waals surface area contributed by atoms with E-state index in [1.807, 2.05) is 36.4 Å². The largest absolute Gasteiger partial charge is 0.465 e. The summed E-state index contributed by atoms with van der Waals surface area (Å²) in [4.78, 5) is 23.8. The molecule has 0 spiro atoms. The number of hydrogen-bond acceptors (Lipinski definition) is 4. The van der Waals surface area contributed by atoms with Crippen molar-refractivity contribution < 1.29 is 14.3 Å². The molecule has 1 aliphatic heterocycles. The first-order valence-corrected chi connectivity index (χ1v) is 8.65. The lowest BCUT2D eigenvalue weighted by Crippen LogP contribution is -2.35. The van der Waals surface area contributed by atoms with Crippen LogP contribution in [0.15, 0.2) is 42.5 Å². The van der Waals surface area contributed by atoms with Crippen LogP contribution < -0.4 is 10.6 Å². The molecule has 2 aromatic rings. The van der Waals surface area contributed by atoms with Gasteiger partial charge >= 0.3 is 5.97 Å². The number of ether oxygens (including phenoxy) is 1. The molecule has 1 amide bonds. The second-order valence-electron chi connectivity index (χ2n) is 7.31. The third-order valence-electron chi connectivity index (χ3n) is 4.96. The monoisotopic (exact) mass is 352 g/mol. The molecule has 0 aromatic heterocycles. The number of carbonyl (C=O) groups excluding carboxylic acids is 2. The predicted octanol–water partition coefficient (Wildman–Crippen LogP) is 3.57. The zero-order valence-corrected chi connectivity index (χ0v) is 15.6. The van der Waals surface area contributed by atoms with Crippen molar-refractivity contribution in [3.8, 4) is 0 Å². The van der Waals surface area contributed by atoms with Gasteiger partial charge in [-0.2, -0.15) is 0 Å². The molecule has 0 fully saturated rings. The standard InChI is InChI=1S/C21H24N2O3/c1-21(2)12-16-11-15(20(25)26-4)8-9-17(16)23-18(21)13-6-5-7-14(10-13)19(24)22-3/h5-11,18,23H,12H2,1-4H3,(H,22,24). The highest BCUT2D eigenvalue weighted by Gasteiger charge is 2.36. The van der Waals surface area contributed by atoms with Crippen LogP contribution in [-0.2, 0) is 11.2 Å². The van der Waals surface area contributed by atoms with Crippen molar-refractivity contribution in [2.24, 2.45) is 5.41 Å². The summed E-state index contributed by atoms with van der Waals surface area (Å²) in [7, 11) is 3.02. The first-order chi connectivity index (χ1) is 12.4. The molecular formula is C21H24N2O3. The van der Waals surface area contributed by atoms with Crippen molar-refractivity contribution in [1.82, 2.24) is 5.32 Å². The summed E-state index contributed by atoms with van der Waals surface area (Å²) in [6, 6.07) is 13.4. The summed E-state index contributed by atoms with van der Waals surface area (Å²) in [5.41, 5.74) is 4.28. The fraction of sp³-hybridized carbons (Fsp3) is 0.333. The maximum Gasteiger partial charge on any atom is 0.337 e. The Morgan fingerprint density at radius 3 is 2.62 bits per heavy atom. The molecule has 1 atom stereocenters. The molecule has 0 bridgehead atoms. The minimum Gasteiger partial charge on any atom is -0.465 e. The predicted molar refractivity (Wildman–Crippen MR) is 101 cm³/mol. The highest BCUT2D eigenvalue weighted by Crippen LogP contribution is 2.45. The van der Waals surface area contributed by atoms with Crippen LogP contribution in [0.3, 0.4) is 0 Å². The fourth-order valence-electron chi connectivity index (χ4n) is 3.61. The average Bonchev–Trinajstić information content (AvgIpc) is 2.65. The Labute approximate surface area is 153 Å². The van der Waals surface area contributed by atoms with Crippen molar-refractivity contribution in [2.75, 3.05) is 19.5 Å². The zero-order chi connectivity index (χ0) is 18.9. The molecule has 1 unspecified atom stereocenters. The number of anilines is 1. The smallest absolute Gasteiger partial charge is 0.337 e. The molecule has 0 radical (unpaired) electrons. The van der Waals surface area contributed by atoms with Crippen LogP contribution in [-0.4, -0.2) is 26.0 Å². The van der Waals surface area contributed by atoms with Gasteiger partial charge in [-0.25, -0.2) is 4.79 Å². The van der Waals surface area contributed by atoms with Crippen LogP contribution in [0.5, 0.6) is 0 Å². The summed E-state index contributed by atoms with van der Waals surface area (Å²) in [6.45, 7) is 4.37. The number of benzene rings is 2. The molecule has 1 aliphatic rings. The first-order valence-electron chi connectivity index (χ1n) is 8.65. The van der Waals surface area contributed by atoms with Crippen LogP contribution in [0.25, 0.3) is 0 Å². The van der Waals surface area contributed by atoms with E-state index in [0.717, 1.165) is 23.2 Å². The maximum absolute atomic E-state index is 12.0. The Kier molecular flexibility index (Phi) is 4.72. The number of amides is 1. The van der Waals surface area contributed by atoms with Gasteiger partial charge in [0.15, 0.2) is 0 Å². The topological polar surface area (TPSA) is 67.4 Å². The van der Waals surface area contributed by atoms with Crippen LogP contribution in [0, 0.1) is 5.41 Å². The molecule has 136 valence electrons. The van der Waals surface area contributed by atoms with Gasteiger partial charge in [0.05, 0.1) is 18.7 Å². The van der Waals surface area contributed by atoms with Gasteiger partial charge in [-0.1, -0.05) is 26.0 Å². The molecule has 3 rings (SSSR count). The highest BCUT2D eigenvalue weighted by molar-refractivity contribution is 5.94. The number of nitrogens with one attached hydrogen (secondary N) is 2. The van der Waals surface area contributed by atoms with E-state index < -0.39 is 0 Å². The lowest BCUT2D eigenvalue weighted by Gasteiger charge is -2.41. The van der Waals surface area contributed by atoms with Gasteiger partial charge < -0.3 is 15.4 Å². The van der Waals surface area contributed by atoms with Crippen LogP contribution >= 0.6 is 0 Å². The Morgan fingerprint density at radius 1 is 1.15 bits per heavy atom. The molecule has 0 aliphatic carbocycles. The van der Waals surface area contributed by atoms with Crippen molar-refractivity contribution in [3.05, 3.63) is 64.7 Å². The van der Waals surface area contributed by atoms with E-state index in [9.17, 15) is 9.59 Å². The molecule has 5 nitrogen and oxygen atoms in total. The Balaban J connectivity index is 1.96. The van der Waals surface area contributed by atoms with Crippen LogP contribution in [0.1, 0.15) is 51.7 Å². The SMILES string of the molecule is CNC(=O)c1cccc(C2Nc3ccc(C(=O)OC)cc3CC2(C)C)c1. The van der Waals surface area contributed by atoms with Gasteiger partial charge in [0.1, 0.15) is 0 Å². The van der Waals surface area contributed by atoms with E-state index in [1.54, 1.807) is 13.1 Å². The zero-order valence-electron chi connectivity index (χ0n) is 15.6. The Bertz CT molecular complexity index is 858. The second-order valence-corrected chi connectivity index (χ2v) is 7.31. The van der Waals surface area contributed by atoms with Crippen molar-refractivity contribution in [1.29, 1.82) is 0 Å². The minimum absolute atomic E-state index is 0.0589.